The Morgan fingerprint density at radius 3 is 3.18 bits per heavy atom. The van der Waals surface area contributed by atoms with E-state index < -0.39 is 0 Å². The fourth-order valence-corrected chi connectivity index (χ4v) is 0.803. The average molecular weight is 158 g/mol. The maximum atomic E-state index is 5.44. The number of oxime groups is 1. The van der Waals surface area contributed by atoms with Gasteiger partial charge in [-0.05, 0) is 0 Å². The Labute approximate surface area is 66.3 Å². The second kappa shape index (κ2) is 4.18. The molecule has 1 aliphatic heterocycles. The number of ether oxygens (including phenoxy) is 1. The third kappa shape index (κ3) is 2.76. The third-order valence-corrected chi connectivity index (χ3v) is 1.57. The highest BCUT2D eigenvalue weighted by molar-refractivity contribution is 5.79. The minimum Gasteiger partial charge on any atom is -0.389 e. The highest BCUT2D eigenvalue weighted by Crippen LogP contribution is 2.07. The molecule has 0 spiro atoms. The van der Waals surface area contributed by atoms with Gasteiger partial charge in [-0.25, -0.2) is 0 Å². The van der Waals surface area contributed by atoms with Crippen LogP contribution in [0.3, 0.4) is 0 Å². The highest BCUT2D eigenvalue weighted by Gasteiger charge is 2.16. The summed E-state index contributed by atoms with van der Waals surface area (Å²) in [7, 11) is 0. The summed E-state index contributed by atoms with van der Waals surface area (Å²) in [6.07, 6.45) is 1.76. The van der Waals surface area contributed by atoms with E-state index in [1.807, 2.05) is 6.92 Å². The number of nitrogens with zero attached hydrogens (tertiary/aromatic N) is 1. The van der Waals surface area contributed by atoms with Gasteiger partial charge < -0.3 is 15.3 Å². The average Bonchev–Trinajstić information content (AvgIpc) is 2.52. The van der Waals surface area contributed by atoms with Crippen LogP contribution < -0.4 is 5.73 Å². The fraction of sp³-hybridized carbons (Fsp3) is 0.857. The zero-order chi connectivity index (χ0) is 8.10. The third-order valence-electron chi connectivity index (χ3n) is 1.57. The number of hydrogen-bond donors (Lipinski definition) is 1. The lowest BCUT2D eigenvalue weighted by Crippen LogP contribution is -2.14. The van der Waals surface area contributed by atoms with Gasteiger partial charge in [-0.2, -0.15) is 0 Å². The molecule has 2 N–H and O–H groups in total. The molecule has 64 valence electrons. The maximum absolute atomic E-state index is 5.44. The molecule has 0 radical (unpaired) electrons. The molecule has 11 heavy (non-hydrogen) atoms. The topological polar surface area (TPSA) is 56.8 Å². The van der Waals surface area contributed by atoms with E-state index in [1.165, 1.54) is 0 Å². The predicted octanol–water partition coefficient (Wildman–Crippen LogP) is 0.474. The first-order chi connectivity index (χ1) is 5.33. The van der Waals surface area contributed by atoms with Crippen molar-refractivity contribution in [3.05, 3.63) is 0 Å². The number of hydrogen-bond acceptors (Lipinski definition) is 3. The van der Waals surface area contributed by atoms with Gasteiger partial charge in [-0.3, -0.25) is 0 Å². The Morgan fingerprint density at radius 1 is 1.82 bits per heavy atom. The summed E-state index contributed by atoms with van der Waals surface area (Å²) in [5, 5.41) is 3.74. The van der Waals surface area contributed by atoms with Crippen LogP contribution in [0, 0.1) is 0 Å². The standard InChI is InChI=1S/C7H14N2O2/c1-2-7(8)9-11-6-3-4-10-5-6/h6H,2-5H2,1H3,(H2,8,9). The Kier molecular flexibility index (Phi) is 3.16. The summed E-state index contributed by atoms with van der Waals surface area (Å²) in [4.78, 5) is 5.09. The molecule has 0 aromatic rings. The molecular weight excluding hydrogens is 144 g/mol. The lowest BCUT2D eigenvalue weighted by Gasteiger charge is -2.04. The van der Waals surface area contributed by atoms with Crippen molar-refractivity contribution in [3.8, 4) is 0 Å². The smallest absolute Gasteiger partial charge is 0.153 e. The molecular formula is C7H14N2O2. The maximum Gasteiger partial charge on any atom is 0.153 e. The number of amidine groups is 1. The highest BCUT2D eigenvalue weighted by atomic mass is 16.7. The molecule has 0 saturated carbocycles. The summed E-state index contributed by atoms with van der Waals surface area (Å²) in [6.45, 7) is 3.35. The van der Waals surface area contributed by atoms with Crippen LogP contribution in [0.2, 0.25) is 0 Å². The molecule has 1 heterocycles. The van der Waals surface area contributed by atoms with Gasteiger partial charge in [0.15, 0.2) is 6.10 Å². The van der Waals surface area contributed by atoms with E-state index in [4.69, 9.17) is 15.3 Å². The fourth-order valence-electron chi connectivity index (χ4n) is 0.803. The van der Waals surface area contributed by atoms with E-state index in [-0.39, 0.29) is 6.10 Å². The molecule has 1 unspecified atom stereocenters. The molecule has 4 heteroatoms. The summed E-state index contributed by atoms with van der Waals surface area (Å²) in [6, 6.07) is 0. The van der Waals surface area contributed by atoms with Crippen molar-refractivity contribution in [1.29, 1.82) is 0 Å². The Bertz CT molecular complexity index is 141. The van der Waals surface area contributed by atoms with Crippen molar-refractivity contribution in [1.82, 2.24) is 0 Å². The second-order valence-electron chi connectivity index (χ2n) is 2.53. The summed E-state index contributed by atoms with van der Waals surface area (Å²) in [5.74, 6) is 0.539. The first kappa shape index (κ1) is 8.33. The van der Waals surface area contributed by atoms with Crippen LogP contribution in [0.15, 0.2) is 5.16 Å². The Hall–Kier alpha value is -0.770. The van der Waals surface area contributed by atoms with E-state index >= 15 is 0 Å². The molecule has 1 rings (SSSR count). The van der Waals surface area contributed by atoms with Crippen molar-refractivity contribution < 1.29 is 9.57 Å². The van der Waals surface area contributed by atoms with Crippen LogP contribution >= 0.6 is 0 Å². The van der Waals surface area contributed by atoms with Gasteiger partial charge in [0.2, 0.25) is 0 Å². The lowest BCUT2D eigenvalue weighted by molar-refractivity contribution is 0.0469. The van der Waals surface area contributed by atoms with Gasteiger partial charge in [0.05, 0.1) is 13.2 Å². The monoisotopic (exact) mass is 158 g/mol. The Morgan fingerprint density at radius 2 is 2.64 bits per heavy atom. The van der Waals surface area contributed by atoms with Crippen LogP contribution in [-0.4, -0.2) is 25.2 Å². The number of rotatable bonds is 3. The van der Waals surface area contributed by atoms with Gasteiger partial charge in [0.25, 0.3) is 0 Å². The molecule has 0 aliphatic carbocycles. The normalized spacial score (nSPS) is 25.5. The first-order valence-electron chi connectivity index (χ1n) is 3.89. The molecule has 1 saturated heterocycles. The van der Waals surface area contributed by atoms with Gasteiger partial charge >= 0.3 is 0 Å². The van der Waals surface area contributed by atoms with Gasteiger partial charge in [-0.1, -0.05) is 12.1 Å². The van der Waals surface area contributed by atoms with E-state index in [2.05, 4.69) is 5.16 Å². The first-order valence-corrected chi connectivity index (χ1v) is 3.89. The molecule has 0 aromatic heterocycles. The van der Waals surface area contributed by atoms with Crippen LogP contribution in [0.1, 0.15) is 19.8 Å². The van der Waals surface area contributed by atoms with Crippen LogP contribution in [0.25, 0.3) is 0 Å². The summed E-state index contributed by atoms with van der Waals surface area (Å²) >= 11 is 0. The molecule has 4 nitrogen and oxygen atoms in total. The van der Waals surface area contributed by atoms with Crippen molar-refractivity contribution in [2.45, 2.75) is 25.9 Å². The van der Waals surface area contributed by atoms with E-state index in [0.717, 1.165) is 19.4 Å². The minimum absolute atomic E-state index is 0.111. The van der Waals surface area contributed by atoms with Crippen LogP contribution in [0.4, 0.5) is 0 Å². The van der Waals surface area contributed by atoms with Gasteiger partial charge in [0, 0.05) is 12.8 Å². The van der Waals surface area contributed by atoms with Crippen LogP contribution in [-0.2, 0) is 9.57 Å². The minimum atomic E-state index is 0.111. The van der Waals surface area contributed by atoms with Crippen molar-refractivity contribution in [2.24, 2.45) is 10.9 Å². The molecule has 1 atom stereocenters. The Balaban J connectivity index is 2.19. The largest absolute Gasteiger partial charge is 0.389 e. The summed E-state index contributed by atoms with van der Waals surface area (Å²) < 4.78 is 5.09. The molecule has 1 aliphatic rings. The van der Waals surface area contributed by atoms with Crippen molar-refractivity contribution >= 4 is 5.84 Å². The number of nitrogens with two attached hydrogens (primary N) is 1. The zero-order valence-electron chi connectivity index (χ0n) is 6.75. The van der Waals surface area contributed by atoms with Crippen molar-refractivity contribution in [3.63, 3.8) is 0 Å². The van der Waals surface area contributed by atoms with Gasteiger partial charge in [-0.15, -0.1) is 0 Å². The van der Waals surface area contributed by atoms with E-state index in [1.54, 1.807) is 0 Å². The SMILES string of the molecule is CC/C(N)=N/OC1CCOC1. The van der Waals surface area contributed by atoms with Crippen molar-refractivity contribution in [2.75, 3.05) is 13.2 Å². The molecule has 1 fully saturated rings. The lowest BCUT2D eigenvalue weighted by atomic mass is 10.3. The molecule has 0 amide bonds. The second-order valence-corrected chi connectivity index (χ2v) is 2.53. The molecule has 0 aromatic carbocycles. The predicted molar refractivity (Wildman–Crippen MR) is 42.2 cm³/mol. The van der Waals surface area contributed by atoms with Gasteiger partial charge in [0.1, 0.15) is 5.84 Å². The van der Waals surface area contributed by atoms with E-state index in [0.29, 0.717) is 12.4 Å². The summed E-state index contributed by atoms with van der Waals surface area (Å²) in [5.41, 5.74) is 5.44. The zero-order valence-corrected chi connectivity index (χ0v) is 6.75. The van der Waals surface area contributed by atoms with E-state index in [9.17, 15) is 0 Å². The molecule has 0 bridgehead atoms. The quantitative estimate of drug-likeness (QED) is 0.369. The van der Waals surface area contributed by atoms with Crippen LogP contribution in [0.5, 0.6) is 0 Å².